The molecule has 96 valence electrons. The zero-order chi connectivity index (χ0) is 13.2. The Balaban J connectivity index is 2.08. The summed E-state index contributed by atoms with van der Waals surface area (Å²) < 4.78 is 0. The average molecular weight is 248 g/mol. The molecule has 18 heavy (non-hydrogen) atoms. The quantitative estimate of drug-likeness (QED) is 0.731. The highest BCUT2D eigenvalue weighted by atomic mass is 16.4. The van der Waals surface area contributed by atoms with Gasteiger partial charge in [0.05, 0.1) is 17.4 Å². The molecule has 1 aromatic heterocycles. The van der Waals surface area contributed by atoms with E-state index >= 15 is 0 Å². The monoisotopic (exact) mass is 248 g/mol. The van der Waals surface area contributed by atoms with Gasteiger partial charge in [-0.3, -0.25) is 9.98 Å². The van der Waals surface area contributed by atoms with Crippen LogP contribution in [0.4, 0.5) is 5.69 Å². The molecule has 0 spiro atoms. The van der Waals surface area contributed by atoms with E-state index in [1.165, 1.54) is 12.3 Å². The Labute approximate surface area is 105 Å². The Morgan fingerprint density at radius 3 is 2.89 bits per heavy atom. The maximum atomic E-state index is 10.8. The van der Waals surface area contributed by atoms with E-state index < -0.39 is 5.97 Å². The number of aliphatic imine (C=N–C) groups is 1. The molecule has 3 N–H and O–H groups in total. The summed E-state index contributed by atoms with van der Waals surface area (Å²) >= 11 is 0. The fraction of sp³-hybridized carbons (Fsp3) is 0.417. The number of aromatic nitrogens is 1. The minimum absolute atomic E-state index is 0.145. The maximum Gasteiger partial charge on any atom is 0.337 e. The molecule has 0 fully saturated rings. The van der Waals surface area contributed by atoms with Crippen LogP contribution in [0.25, 0.3) is 0 Å². The molecule has 0 bridgehead atoms. The summed E-state index contributed by atoms with van der Waals surface area (Å²) in [7, 11) is 0. The van der Waals surface area contributed by atoms with E-state index in [4.69, 9.17) is 5.11 Å². The highest BCUT2D eigenvalue weighted by Gasteiger charge is 2.22. The normalized spacial score (nSPS) is 17.6. The van der Waals surface area contributed by atoms with Crippen LogP contribution in [0.3, 0.4) is 0 Å². The SMILES string of the molecule is CC1(C)CN=C(Nc2cncc(C(=O)O)c2)NC1. The van der Waals surface area contributed by atoms with E-state index in [1.807, 2.05) is 0 Å². The molecule has 6 nitrogen and oxygen atoms in total. The van der Waals surface area contributed by atoms with Crippen LogP contribution in [0.15, 0.2) is 23.5 Å². The molecule has 0 unspecified atom stereocenters. The summed E-state index contributed by atoms with van der Waals surface area (Å²) in [5.74, 6) is -0.343. The molecule has 0 radical (unpaired) electrons. The molecule has 2 heterocycles. The van der Waals surface area contributed by atoms with Gasteiger partial charge in [0.25, 0.3) is 0 Å². The van der Waals surface area contributed by atoms with Gasteiger partial charge >= 0.3 is 5.97 Å². The molecule has 1 aromatic rings. The summed E-state index contributed by atoms with van der Waals surface area (Å²) in [5.41, 5.74) is 0.907. The number of aromatic carboxylic acids is 1. The van der Waals surface area contributed by atoms with Gasteiger partial charge in [-0.2, -0.15) is 0 Å². The van der Waals surface area contributed by atoms with Gasteiger partial charge in [-0.25, -0.2) is 4.79 Å². The summed E-state index contributed by atoms with van der Waals surface area (Å²) in [6, 6.07) is 1.53. The second kappa shape index (κ2) is 4.64. The Morgan fingerprint density at radius 2 is 2.28 bits per heavy atom. The zero-order valence-corrected chi connectivity index (χ0v) is 10.4. The number of hydrogen-bond donors (Lipinski definition) is 3. The van der Waals surface area contributed by atoms with Gasteiger partial charge < -0.3 is 15.7 Å². The number of carbonyl (C=O) groups is 1. The van der Waals surface area contributed by atoms with Crippen LogP contribution in [-0.2, 0) is 0 Å². The van der Waals surface area contributed by atoms with Gasteiger partial charge in [-0.05, 0) is 6.07 Å². The minimum atomic E-state index is -0.995. The van der Waals surface area contributed by atoms with Crippen LogP contribution >= 0.6 is 0 Å². The van der Waals surface area contributed by atoms with Crippen molar-refractivity contribution >= 4 is 17.6 Å². The minimum Gasteiger partial charge on any atom is -0.478 e. The second-order valence-corrected chi connectivity index (χ2v) is 5.08. The van der Waals surface area contributed by atoms with Gasteiger partial charge in [0.2, 0.25) is 0 Å². The third-order valence-electron chi connectivity index (χ3n) is 2.65. The molecule has 6 heteroatoms. The molecule has 0 atom stereocenters. The lowest BCUT2D eigenvalue weighted by Crippen LogP contribution is -2.44. The van der Waals surface area contributed by atoms with Gasteiger partial charge in [0, 0.05) is 24.7 Å². The molecule has 1 aliphatic heterocycles. The van der Waals surface area contributed by atoms with E-state index in [9.17, 15) is 4.79 Å². The van der Waals surface area contributed by atoms with Crippen molar-refractivity contribution in [1.82, 2.24) is 10.3 Å². The standard InChI is InChI=1S/C12H16N4O2/c1-12(2)6-14-11(15-7-12)16-9-3-8(10(17)18)4-13-5-9/h3-5H,6-7H2,1-2H3,(H,17,18)(H2,14,15,16). The summed E-state index contributed by atoms with van der Waals surface area (Å²) in [6.45, 7) is 5.82. The number of hydrogen-bond acceptors (Lipinski definition) is 5. The Bertz CT molecular complexity index is 497. The molecule has 2 rings (SSSR count). The van der Waals surface area contributed by atoms with Crippen molar-refractivity contribution in [2.24, 2.45) is 10.4 Å². The van der Waals surface area contributed by atoms with Crippen LogP contribution in [0.5, 0.6) is 0 Å². The molecule has 0 amide bonds. The summed E-state index contributed by atoms with van der Waals surface area (Å²) in [6.07, 6.45) is 2.88. The van der Waals surface area contributed by atoms with Crippen molar-refractivity contribution in [1.29, 1.82) is 0 Å². The predicted octanol–water partition coefficient (Wildman–Crippen LogP) is 1.18. The lowest BCUT2D eigenvalue weighted by Gasteiger charge is -2.29. The number of nitrogens with one attached hydrogen (secondary N) is 2. The first-order chi connectivity index (χ1) is 8.46. The van der Waals surface area contributed by atoms with Crippen molar-refractivity contribution in [3.8, 4) is 0 Å². The van der Waals surface area contributed by atoms with E-state index in [2.05, 4.69) is 34.5 Å². The first-order valence-electron chi connectivity index (χ1n) is 5.70. The first-order valence-corrected chi connectivity index (χ1v) is 5.70. The molecule has 0 saturated heterocycles. The zero-order valence-electron chi connectivity index (χ0n) is 10.4. The number of nitrogens with zero attached hydrogens (tertiary/aromatic N) is 2. The van der Waals surface area contributed by atoms with E-state index in [0.717, 1.165) is 13.1 Å². The maximum absolute atomic E-state index is 10.8. The summed E-state index contributed by atoms with van der Waals surface area (Å²) in [4.78, 5) is 19.1. The number of guanidine groups is 1. The van der Waals surface area contributed by atoms with Crippen LogP contribution < -0.4 is 10.6 Å². The highest BCUT2D eigenvalue weighted by molar-refractivity contribution is 5.95. The van der Waals surface area contributed by atoms with Crippen LogP contribution in [0.1, 0.15) is 24.2 Å². The van der Waals surface area contributed by atoms with Gasteiger partial charge in [-0.1, -0.05) is 13.8 Å². The lowest BCUT2D eigenvalue weighted by atomic mass is 9.93. The van der Waals surface area contributed by atoms with E-state index in [-0.39, 0.29) is 11.0 Å². The number of anilines is 1. The van der Waals surface area contributed by atoms with Crippen LogP contribution in [-0.4, -0.2) is 35.1 Å². The number of rotatable bonds is 2. The Hall–Kier alpha value is -2.11. The number of pyridine rings is 1. The Morgan fingerprint density at radius 1 is 1.50 bits per heavy atom. The largest absolute Gasteiger partial charge is 0.478 e. The molecular formula is C12H16N4O2. The van der Waals surface area contributed by atoms with Gasteiger partial charge in [0.1, 0.15) is 0 Å². The van der Waals surface area contributed by atoms with Crippen LogP contribution in [0.2, 0.25) is 0 Å². The van der Waals surface area contributed by atoms with Crippen molar-refractivity contribution in [2.75, 3.05) is 18.4 Å². The van der Waals surface area contributed by atoms with Crippen LogP contribution in [0, 0.1) is 5.41 Å². The van der Waals surface area contributed by atoms with E-state index in [1.54, 1.807) is 6.20 Å². The van der Waals surface area contributed by atoms with Crippen molar-refractivity contribution in [3.05, 3.63) is 24.0 Å². The molecule has 1 aliphatic rings. The highest BCUT2D eigenvalue weighted by Crippen LogP contribution is 2.17. The third-order valence-corrected chi connectivity index (χ3v) is 2.65. The second-order valence-electron chi connectivity index (χ2n) is 5.08. The van der Waals surface area contributed by atoms with Crippen molar-refractivity contribution in [3.63, 3.8) is 0 Å². The third kappa shape index (κ3) is 2.97. The van der Waals surface area contributed by atoms with Crippen molar-refractivity contribution < 1.29 is 9.90 Å². The Kier molecular flexibility index (Phi) is 3.18. The predicted molar refractivity (Wildman–Crippen MR) is 68.9 cm³/mol. The van der Waals surface area contributed by atoms with Gasteiger partial charge in [-0.15, -0.1) is 0 Å². The first kappa shape index (κ1) is 12.3. The smallest absolute Gasteiger partial charge is 0.337 e. The fourth-order valence-electron chi connectivity index (χ4n) is 1.57. The van der Waals surface area contributed by atoms with Crippen molar-refractivity contribution in [2.45, 2.75) is 13.8 Å². The topological polar surface area (TPSA) is 86.6 Å². The number of carboxylic acid groups (broad SMARTS) is 1. The average Bonchev–Trinajstić information content (AvgIpc) is 2.32. The lowest BCUT2D eigenvalue weighted by molar-refractivity contribution is 0.0696. The molecule has 0 saturated carbocycles. The summed E-state index contributed by atoms with van der Waals surface area (Å²) in [5, 5.41) is 15.1. The number of carboxylic acids is 1. The van der Waals surface area contributed by atoms with E-state index in [0.29, 0.717) is 11.6 Å². The molecule has 0 aliphatic carbocycles. The van der Waals surface area contributed by atoms with Gasteiger partial charge in [0.15, 0.2) is 5.96 Å². The molecular weight excluding hydrogens is 232 g/mol. The molecule has 0 aromatic carbocycles. The fourth-order valence-corrected chi connectivity index (χ4v) is 1.57.